The van der Waals surface area contributed by atoms with E-state index in [2.05, 4.69) is 9.97 Å². The second-order valence-corrected chi connectivity index (χ2v) is 4.70. The summed E-state index contributed by atoms with van der Waals surface area (Å²) < 4.78 is 5.55. The lowest BCUT2D eigenvalue weighted by atomic mass is 10.3. The van der Waals surface area contributed by atoms with Crippen LogP contribution in [0.2, 0.25) is 15.2 Å². The molecule has 7 heteroatoms. The Balaban J connectivity index is 2.34. The van der Waals surface area contributed by atoms with Gasteiger partial charge in [0.15, 0.2) is 0 Å². The van der Waals surface area contributed by atoms with Crippen LogP contribution < -0.4 is 4.74 Å². The van der Waals surface area contributed by atoms with Crippen molar-refractivity contribution in [3.05, 3.63) is 45.3 Å². The maximum Gasteiger partial charge on any atom is 0.228 e. The summed E-state index contributed by atoms with van der Waals surface area (Å²) in [6.45, 7) is 0. The van der Waals surface area contributed by atoms with Crippen molar-refractivity contribution in [1.82, 2.24) is 9.97 Å². The SMILES string of the molecule is ClCc1c(Cl)ncnc1Oc1ccc(Cl)c(Cl)c1. The Labute approximate surface area is 124 Å². The van der Waals surface area contributed by atoms with Gasteiger partial charge in [0, 0.05) is 6.07 Å². The van der Waals surface area contributed by atoms with Crippen molar-refractivity contribution in [2.45, 2.75) is 5.88 Å². The number of rotatable bonds is 3. The van der Waals surface area contributed by atoms with Crippen LogP contribution in [0.25, 0.3) is 0 Å². The molecule has 0 saturated carbocycles. The first-order valence-corrected chi connectivity index (χ1v) is 6.47. The second-order valence-electron chi connectivity index (χ2n) is 3.26. The van der Waals surface area contributed by atoms with E-state index in [0.717, 1.165) is 0 Å². The molecule has 94 valence electrons. The lowest BCUT2D eigenvalue weighted by molar-refractivity contribution is 0.457. The van der Waals surface area contributed by atoms with Gasteiger partial charge in [0.2, 0.25) is 5.88 Å². The Bertz CT molecular complexity index is 577. The number of benzene rings is 1. The van der Waals surface area contributed by atoms with Gasteiger partial charge >= 0.3 is 0 Å². The number of hydrogen-bond donors (Lipinski definition) is 0. The number of halogens is 4. The first kappa shape index (κ1) is 13.7. The molecule has 0 unspecified atom stereocenters. The molecule has 0 amide bonds. The van der Waals surface area contributed by atoms with Gasteiger partial charge in [-0.25, -0.2) is 9.97 Å². The van der Waals surface area contributed by atoms with Crippen LogP contribution in [0.15, 0.2) is 24.5 Å². The summed E-state index contributed by atoms with van der Waals surface area (Å²) in [4.78, 5) is 7.81. The highest BCUT2D eigenvalue weighted by Gasteiger charge is 2.11. The molecule has 0 spiro atoms. The summed E-state index contributed by atoms with van der Waals surface area (Å²) in [6, 6.07) is 4.88. The Morgan fingerprint density at radius 1 is 1.06 bits per heavy atom. The van der Waals surface area contributed by atoms with Gasteiger partial charge in [-0.05, 0) is 12.1 Å². The van der Waals surface area contributed by atoms with Crippen molar-refractivity contribution in [1.29, 1.82) is 0 Å². The van der Waals surface area contributed by atoms with Crippen molar-refractivity contribution in [2.24, 2.45) is 0 Å². The highest BCUT2D eigenvalue weighted by Crippen LogP contribution is 2.31. The summed E-state index contributed by atoms with van der Waals surface area (Å²) in [5.41, 5.74) is 0.520. The molecular formula is C11H6Cl4N2O. The van der Waals surface area contributed by atoms with E-state index in [0.29, 0.717) is 27.2 Å². The zero-order valence-electron chi connectivity index (χ0n) is 8.83. The Kier molecular flexibility index (Phi) is 4.51. The predicted octanol–water partition coefficient (Wildman–Crippen LogP) is 4.97. The fraction of sp³-hybridized carbons (Fsp3) is 0.0909. The third-order valence-corrected chi connectivity index (χ3v) is 3.42. The normalized spacial score (nSPS) is 10.4. The topological polar surface area (TPSA) is 35.0 Å². The summed E-state index contributed by atoms with van der Waals surface area (Å²) in [5, 5.41) is 1.10. The van der Waals surface area contributed by atoms with Crippen molar-refractivity contribution in [3.63, 3.8) is 0 Å². The molecule has 0 aliphatic rings. The third-order valence-electron chi connectivity index (χ3n) is 2.09. The summed E-state index contributed by atoms with van der Waals surface area (Å²) >= 11 is 23.4. The maximum atomic E-state index is 5.89. The van der Waals surface area contributed by atoms with Crippen LogP contribution in [0.4, 0.5) is 0 Å². The molecule has 0 aliphatic heterocycles. The summed E-state index contributed by atoms with van der Waals surface area (Å²) in [7, 11) is 0. The van der Waals surface area contributed by atoms with Crippen LogP contribution in [0.5, 0.6) is 11.6 Å². The zero-order chi connectivity index (χ0) is 13.1. The minimum Gasteiger partial charge on any atom is -0.438 e. The average Bonchev–Trinajstić information content (AvgIpc) is 2.34. The second kappa shape index (κ2) is 5.93. The maximum absolute atomic E-state index is 5.89. The van der Waals surface area contributed by atoms with Gasteiger partial charge < -0.3 is 4.74 Å². The van der Waals surface area contributed by atoms with Gasteiger partial charge in [-0.1, -0.05) is 34.8 Å². The molecule has 0 saturated heterocycles. The molecule has 1 aromatic carbocycles. The fourth-order valence-corrected chi connectivity index (χ4v) is 2.02. The highest BCUT2D eigenvalue weighted by molar-refractivity contribution is 6.42. The van der Waals surface area contributed by atoms with Gasteiger partial charge in [-0.2, -0.15) is 0 Å². The van der Waals surface area contributed by atoms with Crippen molar-refractivity contribution in [2.75, 3.05) is 0 Å². The molecule has 1 aromatic heterocycles. The van der Waals surface area contributed by atoms with Gasteiger partial charge in [-0.3, -0.25) is 0 Å². The number of nitrogens with zero attached hydrogens (tertiary/aromatic N) is 2. The van der Waals surface area contributed by atoms with Crippen LogP contribution in [-0.4, -0.2) is 9.97 Å². The zero-order valence-corrected chi connectivity index (χ0v) is 11.9. The molecule has 0 N–H and O–H groups in total. The van der Waals surface area contributed by atoms with Gasteiger partial charge in [0.1, 0.15) is 17.2 Å². The van der Waals surface area contributed by atoms with Crippen LogP contribution >= 0.6 is 46.4 Å². The predicted molar refractivity (Wildman–Crippen MR) is 73.1 cm³/mol. The summed E-state index contributed by atoms with van der Waals surface area (Å²) in [6.07, 6.45) is 1.30. The van der Waals surface area contributed by atoms with E-state index < -0.39 is 0 Å². The van der Waals surface area contributed by atoms with E-state index in [1.54, 1.807) is 18.2 Å². The monoisotopic (exact) mass is 322 g/mol. The Hall–Kier alpha value is -0.740. The molecular weight excluding hydrogens is 318 g/mol. The molecule has 2 aromatic rings. The lowest BCUT2D eigenvalue weighted by Gasteiger charge is -2.09. The lowest BCUT2D eigenvalue weighted by Crippen LogP contribution is -1.96. The van der Waals surface area contributed by atoms with Crippen LogP contribution in [0.3, 0.4) is 0 Å². The van der Waals surface area contributed by atoms with E-state index >= 15 is 0 Å². The molecule has 0 atom stereocenters. The molecule has 3 nitrogen and oxygen atoms in total. The highest BCUT2D eigenvalue weighted by atomic mass is 35.5. The van der Waals surface area contributed by atoms with Crippen molar-refractivity contribution in [3.8, 4) is 11.6 Å². The van der Waals surface area contributed by atoms with Gasteiger partial charge in [0.25, 0.3) is 0 Å². The van der Waals surface area contributed by atoms with Crippen molar-refractivity contribution >= 4 is 46.4 Å². The number of alkyl halides is 1. The summed E-state index contributed by atoms with van der Waals surface area (Å²) in [5.74, 6) is 0.935. The third kappa shape index (κ3) is 2.98. The standard InChI is InChI=1S/C11H6Cl4N2O/c12-4-7-10(15)16-5-17-11(7)18-6-1-2-8(13)9(14)3-6/h1-3,5H,4H2. The molecule has 2 rings (SSSR count). The van der Waals surface area contributed by atoms with E-state index in [-0.39, 0.29) is 11.0 Å². The molecule has 0 fully saturated rings. The fourth-order valence-electron chi connectivity index (χ4n) is 1.23. The van der Waals surface area contributed by atoms with Gasteiger partial charge in [0.05, 0.1) is 21.5 Å². The van der Waals surface area contributed by atoms with Crippen molar-refractivity contribution < 1.29 is 4.74 Å². The molecule has 0 bridgehead atoms. The number of ether oxygens (including phenoxy) is 1. The first-order chi connectivity index (χ1) is 8.61. The van der Waals surface area contributed by atoms with E-state index in [4.69, 9.17) is 51.1 Å². The van der Waals surface area contributed by atoms with Crippen LogP contribution in [0, 0.1) is 0 Å². The smallest absolute Gasteiger partial charge is 0.228 e. The molecule has 0 aliphatic carbocycles. The largest absolute Gasteiger partial charge is 0.438 e. The quantitative estimate of drug-likeness (QED) is 0.591. The first-order valence-electron chi connectivity index (χ1n) is 4.80. The number of hydrogen-bond acceptors (Lipinski definition) is 3. The van der Waals surface area contributed by atoms with E-state index in [1.165, 1.54) is 6.33 Å². The van der Waals surface area contributed by atoms with Gasteiger partial charge in [-0.15, -0.1) is 11.6 Å². The Morgan fingerprint density at radius 2 is 1.83 bits per heavy atom. The minimum absolute atomic E-state index is 0.149. The molecule has 18 heavy (non-hydrogen) atoms. The molecule has 0 radical (unpaired) electrons. The Morgan fingerprint density at radius 3 is 2.50 bits per heavy atom. The van der Waals surface area contributed by atoms with E-state index in [1.807, 2.05) is 0 Å². The minimum atomic E-state index is 0.149. The van der Waals surface area contributed by atoms with Crippen LogP contribution in [-0.2, 0) is 5.88 Å². The molecule has 1 heterocycles. The van der Waals surface area contributed by atoms with E-state index in [9.17, 15) is 0 Å². The average molecular weight is 324 g/mol. The number of aromatic nitrogens is 2. The van der Waals surface area contributed by atoms with Crippen LogP contribution in [0.1, 0.15) is 5.56 Å².